The smallest absolute Gasteiger partial charge is 0.251 e. The lowest BCUT2D eigenvalue weighted by molar-refractivity contribution is 0.0948. The lowest BCUT2D eigenvalue weighted by Gasteiger charge is -2.22. The zero-order chi connectivity index (χ0) is 15.2. The Morgan fingerprint density at radius 1 is 1.10 bits per heavy atom. The monoisotopic (exact) mass is 285 g/mol. The Bertz CT molecular complexity index is 595. The number of carbonyl (C=O) groups is 1. The van der Waals surface area contributed by atoms with E-state index in [1.54, 1.807) is 12.1 Å². The molecular weight excluding hydrogens is 265 g/mol. The number of halogens is 1. The van der Waals surface area contributed by atoms with Crippen molar-refractivity contribution in [3.8, 4) is 0 Å². The highest BCUT2D eigenvalue weighted by molar-refractivity contribution is 5.94. The van der Waals surface area contributed by atoms with Crippen LogP contribution in [0.25, 0.3) is 0 Å². The third-order valence-corrected chi connectivity index (χ3v) is 3.60. The molecule has 0 aliphatic heterocycles. The predicted molar refractivity (Wildman–Crippen MR) is 82.8 cm³/mol. The Balaban J connectivity index is 2.04. The molecule has 1 amide bonds. The van der Waals surface area contributed by atoms with E-state index < -0.39 is 5.82 Å². The van der Waals surface area contributed by atoms with Crippen LogP contribution in [0.5, 0.6) is 0 Å². The molecule has 2 aromatic rings. The maximum Gasteiger partial charge on any atom is 0.251 e. The molecule has 0 aliphatic carbocycles. The summed E-state index contributed by atoms with van der Waals surface area (Å²) in [6.07, 6.45) is 0. The topological polar surface area (TPSA) is 29.1 Å². The molecule has 21 heavy (non-hydrogen) atoms. The molecule has 0 radical (unpaired) electrons. The number of nitrogens with one attached hydrogen (secondary N) is 1. The zero-order valence-electron chi connectivity index (χ0n) is 12.3. The van der Waals surface area contributed by atoms with Gasteiger partial charge in [-0.05, 0) is 29.7 Å². The number of rotatable bonds is 5. The first-order valence-corrected chi connectivity index (χ1v) is 7.16. The van der Waals surface area contributed by atoms with Crippen LogP contribution in [0.2, 0.25) is 0 Å². The Labute approximate surface area is 125 Å². The van der Waals surface area contributed by atoms with Crippen LogP contribution in [0.3, 0.4) is 0 Å². The Hall–Kier alpha value is -2.16. The van der Waals surface area contributed by atoms with Gasteiger partial charge >= 0.3 is 0 Å². The van der Waals surface area contributed by atoms with Crippen LogP contribution in [-0.2, 0) is 0 Å². The molecule has 0 bridgehead atoms. The highest BCUT2D eigenvalue weighted by Gasteiger charge is 2.17. The average Bonchev–Trinajstić information content (AvgIpc) is 2.48. The van der Waals surface area contributed by atoms with Crippen molar-refractivity contribution >= 4 is 5.91 Å². The summed E-state index contributed by atoms with van der Waals surface area (Å²) in [5.41, 5.74) is 1.55. The second-order valence-corrected chi connectivity index (χ2v) is 5.48. The second-order valence-electron chi connectivity index (χ2n) is 5.48. The maximum absolute atomic E-state index is 13.1. The van der Waals surface area contributed by atoms with E-state index in [1.807, 2.05) is 18.2 Å². The van der Waals surface area contributed by atoms with Crippen LogP contribution in [0, 0.1) is 11.7 Å². The largest absolute Gasteiger partial charge is 0.351 e. The van der Waals surface area contributed by atoms with Crippen molar-refractivity contribution in [1.29, 1.82) is 0 Å². The van der Waals surface area contributed by atoms with Crippen LogP contribution in [0.15, 0.2) is 54.6 Å². The molecule has 0 aromatic heterocycles. The van der Waals surface area contributed by atoms with Gasteiger partial charge in [0, 0.05) is 18.0 Å². The molecule has 0 spiro atoms. The van der Waals surface area contributed by atoms with Crippen molar-refractivity contribution in [3.63, 3.8) is 0 Å². The summed E-state index contributed by atoms with van der Waals surface area (Å²) in [5.74, 6) is 0.00567. The van der Waals surface area contributed by atoms with Gasteiger partial charge in [0.2, 0.25) is 0 Å². The first kappa shape index (κ1) is 15.2. The Morgan fingerprint density at radius 2 is 1.81 bits per heavy atom. The molecule has 2 rings (SSSR count). The van der Waals surface area contributed by atoms with E-state index in [-0.39, 0.29) is 11.8 Å². The van der Waals surface area contributed by atoms with Gasteiger partial charge in [0.15, 0.2) is 0 Å². The fraction of sp³-hybridized carbons (Fsp3) is 0.278. The number of amides is 1. The summed E-state index contributed by atoms with van der Waals surface area (Å²) < 4.78 is 13.1. The number of hydrogen-bond acceptors (Lipinski definition) is 1. The third kappa shape index (κ3) is 4.15. The minimum Gasteiger partial charge on any atom is -0.351 e. The first-order chi connectivity index (χ1) is 10.1. The lowest BCUT2D eigenvalue weighted by Crippen LogP contribution is -2.30. The Kier molecular flexibility index (Phi) is 5.09. The van der Waals surface area contributed by atoms with Crippen molar-refractivity contribution in [2.45, 2.75) is 19.8 Å². The molecule has 1 N–H and O–H groups in total. The summed E-state index contributed by atoms with van der Waals surface area (Å²) in [6, 6.07) is 15.9. The molecule has 2 nitrogen and oxygen atoms in total. The normalized spacial score (nSPS) is 12.2. The molecular formula is C18H20FNO. The van der Waals surface area contributed by atoms with E-state index in [9.17, 15) is 9.18 Å². The van der Waals surface area contributed by atoms with Crippen LogP contribution in [-0.4, -0.2) is 12.5 Å². The first-order valence-electron chi connectivity index (χ1n) is 7.16. The number of carbonyl (C=O) groups excluding carboxylic acids is 1. The molecule has 0 saturated heterocycles. The van der Waals surface area contributed by atoms with E-state index in [0.717, 1.165) is 0 Å². The minimum atomic E-state index is -0.397. The summed E-state index contributed by atoms with van der Waals surface area (Å²) in [5, 5.41) is 2.90. The van der Waals surface area contributed by atoms with Crippen LogP contribution in [0.4, 0.5) is 4.39 Å². The molecule has 0 heterocycles. The summed E-state index contributed by atoms with van der Waals surface area (Å²) in [7, 11) is 0. The van der Waals surface area contributed by atoms with Gasteiger partial charge in [0.1, 0.15) is 5.82 Å². The standard InChI is InChI=1S/C18H20FNO/c1-13(2)17(14-7-4-3-5-8-14)12-20-18(21)15-9-6-10-16(19)11-15/h3-11,13,17H,12H2,1-2H3,(H,20,21). The molecule has 110 valence electrons. The quantitative estimate of drug-likeness (QED) is 0.884. The molecule has 1 atom stereocenters. The molecule has 0 aliphatic rings. The van der Waals surface area contributed by atoms with E-state index >= 15 is 0 Å². The minimum absolute atomic E-state index is 0.240. The van der Waals surface area contributed by atoms with Gasteiger partial charge in [-0.15, -0.1) is 0 Å². The number of hydrogen-bond donors (Lipinski definition) is 1. The summed E-state index contributed by atoms with van der Waals surface area (Å²) in [6.45, 7) is 4.80. The maximum atomic E-state index is 13.1. The number of benzene rings is 2. The van der Waals surface area contributed by atoms with Gasteiger partial charge in [-0.3, -0.25) is 4.79 Å². The molecule has 1 unspecified atom stereocenters. The predicted octanol–water partition coefficient (Wildman–Crippen LogP) is 4.00. The SMILES string of the molecule is CC(C)C(CNC(=O)c1cccc(F)c1)c1ccccc1. The highest BCUT2D eigenvalue weighted by atomic mass is 19.1. The van der Waals surface area contributed by atoms with Gasteiger partial charge in [-0.25, -0.2) is 4.39 Å². The van der Waals surface area contributed by atoms with Crippen molar-refractivity contribution in [2.75, 3.05) is 6.54 Å². The van der Waals surface area contributed by atoms with Gasteiger partial charge in [0.05, 0.1) is 0 Å². The van der Waals surface area contributed by atoms with Crippen molar-refractivity contribution in [3.05, 3.63) is 71.5 Å². The van der Waals surface area contributed by atoms with Crippen molar-refractivity contribution in [1.82, 2.24) is 5.32 Å². The van der Waals surface area contributed by atoms with E-state index in [2.05, 4.69) is 31.3 Å². The summed E-state index contributed by atoms with van der Waals surface area (Å²) >= 11 is 0. The van der Waals surface area contributed by atoms with Gasteiger partial charge < -0.3 is 5.32 Å². The second kappa shape index (κ2) is 7.02. The average molecular weight is 285 g/mol. The summed E-state index contributed by atoms with van der Waals surface area (Å²) in [4.78, 5) is 12.1. The van der Waals surface area contributed by atoms with E-state index in [4.69, 9.17) is 0 Å². The van der Waals surface area contributed by atoms with Crippen LogP contribution < -0.4 is 5.32 Å². The Morgan fingerprint density at radius 3 is 2.43 bits per heavy atom. The van der Waals surface area contributed by atoms with Crippen molar-refractivity contribution in [2.24, 2.45) is 5.92 Å². The zero-order valence-corrected chi connectivity index (χ0v) is 12.3. The van der Waals surface area contributed by atoms with Gasteiger partial charge in [0.25, 0.3) is 5.91 Å². The van der Waals surface area contributed by atoms with Gasteiger partial charge in [-0.1, -0.05) is 50.2 Å². The van der Waals surface area contributed by atoms with Crippen molar-refractivity contribution < 1.29 is 9.18 Å². The van der Waals surface area contributed by atoms with Gasteiger partial charge in [-0.2, -0.15) is 0 Å². The third-order valence-electron chi connectivity index (χ3n) is 3.60. The molecule has 3 heteroatoms. The highest BCUT2D eigenvalue weighted by Crippen LogP contribution is 2.23. The fourth-order valence-corrected chi connectivity index (χ4v) is 2.37. The fourth-order valence-electron chi connectivity index (χ4n) is 2.37. The lowest BCUT2D eigenvalue weighted by atomic mass is 9.88. The van der Waals surface area contributed by atoms with Crippen LogP contribution in [0.1, 0.15) is 35.7 Å². The molecule has 0 saturated carbocycles. The molecule has 2 aromatic carbocycles. The molecule has 0 fully saturated rings. The van der Waals surface area contributed by atoms with E-state index in [1.165, 1.54) is 17.7 Å². The van der Waals surface area contributed by atoms with Crippen LogP contribution >= 0.6 is 0 Å². The van der Waals surface area contributed by atoms with E-state index in [0.29, 0.717) is 18.0 Å².